The van der Waals surface area contributed by atoms with Crippen LogP contribution in [0, 0.1) is 0 Å². The highest BCUT2D eigenvalue weighted by atomic mass is 19.4. The molecule has 1 heterocycles. The van der Waals surface area contributed by atoms with E-state index in [9.17, 15) is 18.0 Å². The zero-order chi connectivity index (χ0) is 15.7. The summed E-state index contributed by atoms with van der Waals surface area (Å²) >= 11 is 0. The van der Waals surface area contributed by atoms with Gasteiger partial charge in [0.05, 0.1) is 5.56 Å². The Morgan fingerprint density at radius 3 is 2.50 bits per heavy atom. The highest BCUT2D eigenvalue weighted by molar-refractivity contribution is 6.11. The number of halogens is 3. The van der Waals surface area contributed by atoms with Crippen LogP contribution in [0.5, 0.6) is 0 Å². The molecule has 0 atom stereocenters. The molecule has 1 aromatic carbocycles. The Morgan fingerprint density at radius 1 is 1.18 bits per heavy atom. The van der Waals surface area contributed by atoms with Gasteiger partial charge in [-0.1, -0.05) is 18.2 Å². The molecule has 0 saturated heterocycles. The monoisotopic (exact) mass is 305 g/mol. The number of hydrogen-bond donors (Lipinski definition) is 0. The number of aliphatic imine (C=N–C) groups is 1. The highest BCUT2D eigenvalue weighted by Gasteiger charge is 2.31. The standard InChI is InChI=1S/C16H10F3NO2/c17-16(18,19)12-7-5-11(6-8-12)14-20-13(15(21)22-14)9-10-3-1-2-4-10/h1-3,5-9H,4H2. The number of benzene rings is 1. The zero-order valence-corrected chi connectivity index (χ0v) is 11.2. The minimum absolute atomic E-state index is 0.0107. The highest BCUT2D eigenvalue weighted by Crippen LogP contribution is 2.29. The molecule has 3 nitrogen and oxygen atoms in total. The van der Waals surface area contributed by atoms with E-state index in [-0.39, 0.29) is 11.6 Å². The SMILES string of the molecule is O=C1OC(c2ccc(C(F)(F)F)cc2)=NC1=CC1=CC=CC1. The van der Waals surface area contributed by atoms with Gasteiger partial charge in [0.1, 0.15) is 0 Å². The molecule has 0 bridgehead atoms. The van der Waals surface area contributed by atoms with Gasteiger partial charge in [-0.05, 0) is 42.3 Å². The number of esters is 1. The summed E-state index contributed by atoms with van der Waals surface area (Å²) in [6.07, 6.45) is 3.58. The summed E-state index contributed by atoms with van der Waals surface area (Å²) < 4.78 is 42.5. The Bertz CT molecular complexity index is 738. The molecule has 2 aliphatic rings. The van der Waals surface area contributed by atoms with Gasteiger partial charge in [-0.25, -0.2) is 9.79 Å². The van der Waals surface area contributed by atoms with Crippen LogP contribution in [0.15, 0.2) is 64.8 Å². The van der Waals surface area contributed by atoms with E-state index in [0.29, 0.717) is 12.0 Å². The number of ether oxygens (including phenoxy) is 1. The van der Waals surface area contributed by atoms with Gasteiger partial charge >= 0.3 is 12.1 Å². The van der Waals surface area contributed by atoms with Crippen LogP contribution in [0.1, 0.15) is 17.5 Å². The van der Waals surface area contributed by atoms with Crippen molar-refractivity contribution in [3.63, 3.8) is 0 Å². The first-order valence-corrected chi connectivity index (χ1v) is 6.49. The van der Waals surface area contributed by atoms with Crippen LogP contribution in [-0.4, -0.2) is 11.9 Å². The summed E-state index contributed by atoms with van der Waals surface area (Å²) in [4.78, 5) is 15.8. The molecule has 22 heavy (non-hydrogen) atoms. The van der Waals surface area contributed by atoms with Gasteiger partial charge in [0.15, 0.2) is 5.70 Å². The molecule has 6 heteroatoms. The van der Waals surface area contributed by atoms with Gasteiger partial charge < -0.3 is 4.74 Å². The summed E-state index contributed by atoms with van der Waals surface area (Å²) in [7, 11) is 0. The number of alkyl halides is 3. The van der Waals surface area contributed by atoms with Crippen molar-refractivity contribution in [1.82, 2.24) is 0 Å². The lowest BCUT2D eigenvalue weighted by atomic mass is 10.1. The van der Waals surface area contributed by atoms with E-state index in [4.69, 9.17) is 4.74 Å². The Morgan fingerprint density at radius 2 is 1.91 bits per heavy atom. The summed E-state index contributed by atoms with van der Waals surface area (Å²) in [5.41, 5.74) is 0.622. The maximum atomic E-state index is 12.5. The van der Waals surface area contributed by atoms with Crippen molar-refractivity contribution in [1.29, 1.82) is 0 Å². The first kappa shape index (κ1) is 14.3. The summed E-state index contributed by atoms with van der Waals surface area (Å²) in [5, 5.41) is 0. The molecule has 1 aliphatic carbocycles. The van der Waals surface area contributed by atoms with Crippen molar-refractivity contribution in [2.75, 3.05) is 0 Å². The Balaban J connectivity index is 1.85. The van der Waals surface area contributed by atoms with Gasteiger partial charge in [-0.2, -0.15) is 13.2 Å². The topological polar surface area (TPSA) is 38.7 Å². The second-order valence-electron chi connectivity index (χ2n) is 4.79. The molecule has 0 N–H and O–H groups in total. The van der Waals surface area contributed by atoms with E-state index in [2.05, 4.69) is 4.99 Å². The maximum absolute atomic E-state index is 12.5. The minimum Gasteiger partial charge on any atom is -0.402 e. The number of carbonyl (C=O) groups excluding carboxylic acids is 1. The molecule has 0 amide bonds. The molecule has 0 unspecified atom stereocenters. The third-order valence-electron chi connectivity index (χ3n) is 3.20. The van der Waals surface area contributed by atoms with Gasteiger partial charge in [0.2, 0.25) is 5.90 Å². The third-order valence-corrected chi connectivity index (χ3v) is 3.20. The number of carbonyl (C=O) groups is 1. The minimum atomic E-state index is -4.40. The molecule has 1 aliphatic heterocycles. The fourth-order valence-corrected chi connectivity index (χ4v) is 2.08. The molecule has 0 radical (unpaired) electrons. The average Bonchev–Trinajstić information content (AvgIpc) is 3.09. The molecule has 0 saturated carbocycles. The summed E-state index contributed by atoms with van der Waals surface area (Å²) in [5.74, 6) is -0.598. The number of cyclic esters (lactones) is 1. The van der Waals surface area contributed by atoms with Gasteiger partial charge in [-0.15, -0.1) is 0 Å². The quantitative estimate of drug-likeness (QED) is 0.616. The number of nitrogens with zero attached hydrogens (tertiary/aromatic N) is 1. The van der Waals surface area contributed by atoms with E-state index < -0.39 is 17.7 Å². The van der Waals surface area contributed by atoms with Crippen LogP contribution in [0.25, 0.3) is 0 Å². The summed E-state index contributed by atoms with van der Waals surface area (Å²) in [6.45, 7) is 0. The fraction of sp³-hybridized carbons (Fsp3) is 0.125. The van der Waals surface area contributed by atoms with E-state index in [0.717, 1.165) is 17.7 Å². The molecule has 112 valence electrons. The lowest BCUT2D eigenvalue weighted by Gasteiger charge is -2.06. The first-order valence-electron chi connectivity index (χ1n) is 6.49. The van der Waals surface area contributed by atoms with Crippen LogP contribution >= 0.6 is 0 Å². The van der Waals surface area contributed by atoms with E-state index in [1.54, 1.807) is 6.08 Å². The van der Waals surface area contributed by atoms with E-state index >= 15 is 0 Å². The van der Waals surface area contributed by atoms with Crippen LogP contribution in [-0.2, 0) is 15.7 Å². The second kappa shape index (κ2) is 5.29. The van der Waals surface area contributed by atoms with Crippen LogP contribution in [0.3, 0.4) is 0 Å². The number of hydrogen-bond acceptors (Lipinski definition) is 3. The van der Waals surface area contributed by atoms with Crippen LogP contribution < -0.4 is 0 Å². The smallest absolute Gasteiger partial charge is 0.402 e. The maximum Gasteiger partial charge on any atom is 0.416 e. The fourth-order valence-electron chi connectivity index (χ4n) is 2.08. The number of rotatable bonds is 2. The number of allylic oxidation sites excluding steroid dienone is 5. The average molecular weight is 305 g/mol. The van der Waals surface area contributed by atoms with Crippen molar-refractivity contribution in [3.05, 3.63) is 71.0 Å². The second-order valence-corrected chi connectivity index (χ2v) is 4.79. The van der Waals surface area contributed by atoms with Crippen LogP contribution in [0.4, 0.5) is 13.2 Å². The molecule has 0 spiro atoms. The van der Waals surface area contributed by atoms with Crippen molar-refractivity contribution in [2.24, 2.45) is 4.99 Å². The molecule has 1 aromatic rings. The lowest BCUT2D eigenvalue weighted by molar-refractivity contribution is -0.137. The third kappa shape index (κ3) is 2.86. The Hall–Kier alpha value is -2.63. The van der Waals surface area contributed by atoms with Gasteiger partial charge in [-0.3, -0.25) is 0 Å². The van der Waals surface area contributed by atoms with Crippen molar-refractivity contribution in [3.8, 4) is 0 Å². The first-order chi connectivity index (χ1) is 10.4. The molecule has 3 rings (SSSR count). The van der Waals surface area contributed by atoms with Crippen molar-refractivity contribution < 1.29 is 22.7 Å². The van der Waals surface area contributed by atoms with Gasteiger partial charge in [0, 0.05) is 5.56 Å². The predicted molar refractivity (Wildman–Crippen MR) is 74.0 cm³/mol. The largest absolute Gasteiger partial charge is 0.416 e. The van der Waals surface area contributed by atoms with E-state index in [1.165, 1.54) is 12.1 Å². The predicted octanol–water partition coefficient (Wildman–Crippen LogP) is 3.78. The van der Waals surface area contributed by atoms with Crippen molar-refractivity contribution in [2.45, 2.75) is 12.6 Å². The normalized spacial score (nSPS) is 19.4. The van der Waals surface area contributed by atoms with Gasteiger partial charge in [0.25, 0.3) is 0 Å². The molecular weight excluding hydrogens is 295 g/mol. The van der Waals surface area contributed by atoms with Crippen LogP contribution in [0.2, 0.25) is 0 Å². The summed E-state index contributed by atoms with van der Waals surface area (Å²) in [6, 6.07) is 4.32. The molecule has 0 aromatic heterocycles. The zero-order valence-electron chi connectivity index (χ0n) is 11.2. The lowest BCUT2D eigenvalue weighted by Crippen LogP contribution is -2.08. The Kier molecular flexibility index (Phi) is 3.44. The van der Waals surface area contributed by atoms with E-state index in [1.807, 2.05) is 18.2 Å². The molecular formula is C16H10F3NO2. The Labute approximate surface area is 124 Å². The van der Waals surface area contributed by atoms with Crippen molar-refractivity contribution >= 4 is 11.9 Å². The molecule has 0 fully saturated rings.